The first-order valence-electron chi connectivity index (χ1n) is 8.73. The van der Waals surface area contributed by atoms with Gasteiger partial charge in [-0.1, -0.05) is 0 Å². The molecule has 0 aromatic carbocycles. The van der Waals surface area contributed by atoms with E-state index in [-0.39, 0.29) is 13.2 Å². The second-order valence-electron chi connectivity index (χ2n) is 8.37. The van der Waals surface area contributed by atoms with Crippen LogP contribution in [0.4, 0.5) is 13.6 Å². The van der Waals surface area contributed by atoms with Gasteiger partial charge in [-0.2, -0.15) is 0 Å². The molecule has 1 amide bonds. The van der Waals surface area contributed by atoms with Crippen LogP contribution in [0.15, 0.2) is 0 Å². The van der Waals surface area contributed by atoms with E-state index in [9.17, 15) is 18.4 Å². The average molecular weight is 378 g/mol. The number of carboxylic acid groups (broad SMARTS) is 1. The minimum Gasteiger partial charge on any atom is -0.479 e. The Bertz CT molecular complexity index is 562. The number of likely N-dealkylation sites (tertiary alicyclic amines) is 2. The van der Waals surface area contributed by atoms with Crippen molar-refractivity contribution in [1.82, 2.24) is 9.80 Å². The molecule has 2 heterocycles. The summed E-state index contributed by atoms with van der Waals surface area (Å²) in [5.41, 5.74) is -2.13. The Morgan fingerprint density at radius 1 is 1.23 bits per heavy atom. The summed E-state index contributed by atoms with van der Waals surface area (Å²) in [6.45, 7) is 7.82. The lowest BCUT2D eigenvalue weighted by molar-refractivity contribution is -0.162. The highest BCUT2D eigenvalue weighted by molar-refractivity contribution is 5.76. The molecule has 7 nitrogen and oxygen atoms in total. The number of alkyl halides is 2. The van der Waals surface area contributed by atoms with E-state index in [0.29, 0.717) is 13.0 Å². The van der Waals surface area contributed by atoms with Gasteiger partial charge >= 0.3 is 12.1 Å². The molecule has 1 N–H and O–H groups in total. The number of fused-ring (bicyclic) bond motifs is 1. The number of carboxylic acids is 1. The van der Waals surface area contributed by atoms with E-state index in [1.54, 1.807) is 25.7 Å². The molecule has 2 aliphatic rings. The predicted molar refractivity (Wildman–Crippen MR) is 89.3 cm³/mol. The molecule has 2 atom stereocenters. The molecule has 0 unspecified atom stereocenters. The Morgan fingerprint density at radius 2 is 1.85 bits per heavy atom. The molecule has 0 saturated carbocycles. The van der Waals surface area contributed by atoms with Crippen LogP contribution in [0.5, 0.6) is 0 Å². The lowest BCUT2D eigenvalue weighted by Gasteiger charge is -2.29. The minimum atomic E-state index is -3.06. The number of hydrogen-bond donors (Lipinski definition) is 1. The van der Waals surface area contributed by atoms with Crippen molar-refractivity contribution in [3.63, 3.8) is 0 Å². The highest BCUT2D eigenvalue weighted by Crippen LogP contribution is 2.41. The number of halogens is 2. The number of aliphatic carboxylic acids is 1. The Labute approximate surface area is 152 Å². The van der Waals surface area contributed by atoms with Crippen LogP contribution in [-0.2, 0) is 14.3 Å². The topological polar surface area (TPSA) is 79.3 Å². The lowest BCUT2D eigenvalue weighted by atomic mass is 10.1. The maximum Gasteiger partial charge on any atom is 0.410 e. The van der Waals surface area contributed by atoms with E-state index in [0.717, 1.165) is 4.90 Å². The number of carbonyl (C=O) groups is 2. The van der Waals surface area contributed by atoms with E-state index in [2.05, 4.69) is 0 Å². The first-order chi connectivity index (χ1) is 11.7. The fourth-order valence-electron chi connectivity index (χ4n) is 3.40. The molecule has 0 bridgehead atoms. The monoisotopic (exact) mass is 378 g/mol. The number of ether oxygens (including phenoxy) is 2. The number of amides is 1. The van der Waals surface area contributed by atoms with E-state index in [1.165, 1.54) is 13.8 Å². The summed E-state index contributed by atoms with van der Waals surface area (Å²) in [7, 11) is 0. The van der Waals surface area contributed by atoms with Crippen LogP contribution in [0.25, 0.3) is 0 Å². The summed E-state index contributed by atoms with van der Waals surface area (Å²) >= 11 is 0. The highest BCUT2D eigenvalue weighted by atomic mass is 19.3. The fraction of sp³-hybridized carbons (Fsp3) is 0.882. The Hall–Kier alpha value is -1.48. The third-order valence-corrected chi connectivity index (χ3v) is 4.67. The SMILES string of the molecule is CC(C)(C)OC(=O)N1CC(F)(F)[C@H]2[C@@H]1CCN2CCOC(C)(C)C(=O)O. The molecule has 2 fully saturated rings. The van der Waals surface area contributed by atoms with Gasteiger partial charge in [0.25, 0.3) is 5.92 Å². The van der Waals surface area contributed by atoms with Crippen LogP contribution >= 0.6 is 0 Å². The first kappa shape index (κ1) is 20.8. The summed E-state index contributed by atoms with van der Waals surface area (Å²) in [5, 5.41) is 9.04. The van der Waals surface area contributed by atoms with Crippen molar-refractivity contribution < 1.29 is 33.0 Å². The summed E-state index contributed by atoms with van der Waals surface area (Å²) in [4.78, 5) is 26.0. The van der Waals surface area contributed by atoms with Crippen molar-refractivity contribution in [2.24, 2.45) is 0 Å². The largest absolute Gasteiger partial charge is 0.479 e. The molecule has 0 spiro atoms. The zero-order valence-electron chi connectivity index (χ0n) is 15.9. The normalized spacial score (nSPS) is 26.0. The van der Waals surface area contributed by atoms with Crippen molar-refractivity contribution in [2.75, 3.05) is 26.2 Å². The zero-order chi connectivity index (χ0) is 19.9. The minimum absolute atomic E-state index is 0.0189. The van der Waals surface area contributed by atoms with Gasteiger partial charge in [0.1, 0.15) is 5.60 Å². The van der Waals surface area contributed by atoms with Crippen molar-refractivity contribution in [3.8, 4) is 0 Å². The standard InChI is InChI=1S/C17H28F2N2O5/c1-15(2,3)26-14(24)21-10-17(18,19)12-11(21)6-7-20(12)8-9-25-16(4,5)13(22)23/h11-12H,6-10H2,1-5H3,(H,22,23)/t11-,12+/m0/s1. The predicted octanol–water partition coefficient (Wildman–Crippen LogP) is 2.20. The summed E-state index contributed by atoms with van der Waals surface area (Å²) in [5.74, 6) is -4.17. The molecule has 0 aromatic rings. The van der Waals surface area contributed by atoms with Gasteiger partial charge in [-0.3, -0.25) is 9.80 Å². The molecular formula is C17H28F2N2O5. The maximum absolute atomic E-state index is 14.6. The van der Waals surface area contributed by atoms with Gasteiger partial charge in [0, 0.05) is 13.1 Å². The Balaban J connectivity index is 2.01. The number of nitrogens with zero attached hydrogens (tertiary/aromatic N) is 2. The average Bonchev–Trinajstić information content (AvgIpc) is 2.97. The summed E-state index contributed by atoms with van der Waals surface area (Å²) in [6, 6.07) is -1.72. The molecule has 9 heteroatoms. The van der Waals surface area contributed by atoms with Crippen LogP contribution in [-0.4, -0.2) is 82.4 Å². The Kier molecular flexibility index (Phi) is 5.54. The van der Waals surface area contributed by atoms with Gasteiger partial charge < -0.3 is 14.6 Å². The number of carbonyl (C=O) groups excluding carboxylic acids is 1. The van der Waals surface area contributed by atoms with Crippen LogP contribution in [0.2, 0.25) is 0 Å². The second-order valence-corrected chi connectivity index (χ2v) is 8.37. The molecule has 0 radical (unpaired) electrons. The van der Waals surface area contributed by atoms with E-state index >= 15 is 0 Å². The molecule has 0 aromatic heterocycles. The van der Waals surface area contributed by atoms with E-state index in [1.807, 2.05) is 0 Å². The van der Waals surface area contributed by atoms with Gasteiger partial charge in [0.05, 0.1) is 25.2 Å². The van der Waals surface area contributed by atoms with Crippen LogP contribution in [0.3, 0.4) is 0 Å². The first-order valence-corrected chi connectivity index (χ1v) is 8.73. The lowest BCUT2D eigenvalue weighted by Crippen LogP contribution is -2.47. The van der Waals surface area contributed by atoms with Gasteiger partial charge in [-0.05, 0) is 41.0 Å². The van der Waals surface area contributed by atoms with Crippen LogP contribution in [0.1, 0.15) is 41.0 Å². The number of hydrogen-bond acceptors (Lipinski definition) is 5. The third-order valence-electron chi connectivity index (χ3n) is 4.67. The zero-order valence-corrected chi connectivity index (χ0v) is 15.9. The molecule has 0 aliphatic carbocycles. The van der Waals surface area contributed by atoms with Crippen molar-refractivity contribution in [2.45, 2.75) is 70.2 Å². The van der Waals surface area contributed by atoms with Crippen LogP contribution < -0.4 is 0 Å². The molecule has 2 saturated heterocycles. The quantitative estimate of drug-likeness (QED) is 0.790. The smallest absolute Gasteiger partial charge is 0.410 e. The molecular weight excluding hydrogens is 350 g/mol. The van der Waals surface area contributed by atoms with Gasteiger partial charge in [-0.25, -0.2) is 18.4 Å². The summed E-state index contributed by atoms with van der Waals surface area (Å²) < 4.78 is 39.7. The van der Waals surface area contributed by atoms with Gasteiger partial charge in [0.2, 0.25) is 0 Å². The third kappa shape index (κ3) is 4.43. The molecule has 150 valence electrons. The summed E-state index contributed by atoms with van der Waals surface area (Å²) in [6.07, 6.45) is -0.309. The van der Waals surface area contributed by atoms with Crippen molar-refractivity contribution in [3.05, 3.63) is 0 Å². The van der Waals surface area contributed by atoms with E-state index < -0.39 is 47.8 Å². The van der Waals surface area contributed by atoms with Crippen molar-refractivity contribution in [1.29, 1.82) is 0 Å². The van der Waals surface area contributed by atoms with Gasteiger partial charge in [0.15, 0.2) is 5.60 Å². The van der Waals surface area contributed by atoms with Crippen LogP contribution in [0, 0.1) is 0 Å². The highest BCUT2D eigenvalue weighted by Gasteiger charge is 2.61. The molecule has 2 aliphatic heterocycles. The molecule has 2 rings (SSSR count). The fourth-order valence-corrected chi connectivity index (χ4v) is 3.40. The van der Waals surface area contributed by atoms with E-state index in [4.69, 9.17) is 14.6 Å². The van der Waals surface area contributed by atoms with Gasteiger partial charge in [-0.15, -0.1) is 0 Å². The molecule has 26 heavy (non-hydrogen) atoms. The second kappa shape index (κ2) is 6.92. The van der Waals surface area contributed by atoms with Crippen molar-refractivity contribution >= 4 is 12.1 Å². The maximum atomic E-state index is 14.6. The number of rotatable bonds is 5. The Morgan fingerprint density at radius 3 is 2.38 bits per heavy atom.